The number of carbonyl (C=O) groups excluding carboxylic acids is 2. The molecule has 7 heteroatoms. The molecule has 1 aromatic carbocycles. The molecule has 0 saturated heterocycles. The van der Waals surface area contributed by atoms with Crippen molar-refractivity contribution in [2.45, 2.75) is 24.9 Å². The highest BCUT2D eigenvalue weighted by Crippen LogP contribution is 2.43. The summed E-state index contributed by atoms with van der Waals surface area (Å²) in [6.07, 6.45) is 0.479. The number of fused-ring (bicyclic) bond motifs is 1. The Bertz CT molecular complexity index is 873. The maximum atomic E-state index is 12.9. The highest BCUT2D eigenvalue weighted by Gasteiger charge is 2.50. The van der Waals surface area contributed by atoms with Gasteiger partial charge in [-0.2, -0.15) is 5.26 Å². The molecule has 1 aromatic heterocycles. The van der Waals surface area contributed by atoms with Gasteiger partial charge in [-0.05, 0) is 24.6 Å². The van der Waals surface area contributed by atoms with E-state index in [1.165, 1.54) is 4.90 Å². The molecule has 0 saturated carbocycles. The molecule has 1 aliphatic rings. The molecular weight excluding hydrogens is 360 g/mol. The summed E-state index contributed by atoms with van der Waals surface area (Å²) in [5.74, 6) is -0.857. The molecule has 1 N–H and O–H groups in total. The van der Waals surface area contributed by atoms with Crippen LogP contribution in [0.25, 0.3) is 0 Å². The first-order chi connectivity index (χ1) is 12.0. The van der Waals surface area contributed by atoms with Crippen molar-refractivity contribution in [3.63, 3.8) is 0 Å². The number of carbonyl (C=O) groups is 2. The normalized spacial score (nSPS) is 18.9. The van der Waals surface area contributed by atoms with Gasteiger partial charge in [0.1, 0.15) is 0 Å². The lowest BCUT2D eigenvalue weighted by Crippen LogP contribution is -2.42. The number of benzene rings is 1. The van der Waals surface area contributed by atoms with Gasteiger partial charge < -0.3 is 10.0 Å². The number of thiophene rings is 1. The number of hydrogen-bond donors (Lipinski definition) is 1. The molecule has 1 amide bonds. The summed E-state index contributed by atoms with van der Waals surface area (Å²) in [7, 11) is 0. The first-order valence-electron chi connectivity index (χ1n) is 7.76. The minimum absolute atomic E-state index is 0.316. The van der Waals surface area contributed by atoms with Gasteiger partial charge in [-0.3, -0.25) is 9.59 Å². The topological polar surface area (TPSA) is 81.4 Å². The summed E-state index contributed by atoms with van der Waals surface area (Å²) in [5, 5.41) is 19.8. The van der Waals surface area contributed by atoms with E-state index in [1.54, 1.807) is 36.4 Å². The molecule has 0 aliphatic carbocycles. The Balaban J connectivity index is 1.91. The van der Waals surface area contributed by atoms with Crippen LogP contribution in [0, 0.1) is 11.3 Å². The van der Waals surface area contributed by atoms with Crippen molar-refractivity contribution in [3.8, 4) is 6.07 Å². The van der Waals surface area contributed by atoms with Gasteiger partial charge in [0.15, 0.2) is 11.4 Å². The van der Waals surface area contributed by atoms with E-state index in [-0.39, 0.29) is 12.2 Å². The van der Waals surface area contributed by atoms with Gasteiger partial charge >= 0.3 is 0 Å². The van der Waals surface area contributed by atoms with Gasteiger partial charge in [-0.1, -0.05) is 29.8 Å². The molecule has 0 bridgehead atoms. The molecule has 0 unspecified atom stereocenters. The molecule has 1 aliphatic heterocycles. The maximum absolute atomic E-state index is 12.9. The second kappa shape index (κ2) is 6.96. The quantitative estimate of drug-likeness (QED) is 0.619. The van der Waals surface area contributed by atoms with Gasteiger partial charge in [-0.25, -0.2) is 0 Å². The molecule has 3 rings (SSSR count). The van der Waals surface area contributed by atoms with Crippen molar-refractivity contribution in [3.05, 3.63) is 51.2 Å². The second-order valence-corrected chi connectivity index (χ2v) is 7.51. The molecule has 0 radical (unpaired) electrons. The fraction of sp³-hybridized carbons (Fsp3) is 0.278. The second-order valence-electron chi connectivity index (χ2n) is 5.80. The predicted molar refractivity (Wildman–Crippen MR) is 95.8 cm³/mol. The highest BCUT2D eigenvalue weighted by atomic mass is 35.5. The van der Waals surface area contributed by atoms with Crippen molar-refractivity contribution in [1.29, 1.82) is 5.26 Å². The van der Waals surface area contributed by atoms with E-state index < -0.39 is 11.5 Å². The summed E-state index contributed by atoms with van der Waals surface area (Å²) in [6, 6.07) is 12.1. The summed E-state index contributed by atoms with van der Waals surface area (Å²) < 4.78 is 0.478. The average molecular weight is 375 g/mol. The molecule has 0 spiro atoms. The van der Waals surface area contributed by atoms with Crippen molar-refractivity contribution in [1.82, 2.24) is 0 Å². The first-order valence-corrected chi connectivity index (χ1v) is 8.96. The molecule has 0 fully saturated rings. The number of amides is 1. The number of ketones is 1. The summed E-state index contributed by atoms with van der Waals surface area (Å²) in [5.41, 5.74) is -0.880. The third-order valence-corrected chi connectivity index (χ3v) is 5.45. The smallest absolute Gasteiger partial charge is 0.264 e. The zero-order valence-electron chi connectivity index (χ0n) is 13.2. The highest BCUT2D eigenvalue weighted by molar-refractivity contribution is 7.18. The van der Waals surface area contributed by atoms with Crippen LogP contribution >= 0.6 is 22.9 Å². The van der Waals surface area contributed by atoms with Crippen LogP contribution in [-0.4, -0.2) is 23.3 Å². The Morgan fingerprint density at radius 3 is 2.76 bits per heavy atom. The Hall–Kier alpha value is -2.20. The fourth-order valence-electron chi connectivity index (χ4n) is 3.00. The van der Waals surface area contributed by atoms with Crippen LogP contribution in [0.1, 0.15) is 34.5 Å². The van der Waals surface area contributed by atoms with Gasteiger partial charge in [0.05, 0.1) is 27.4 Å². The Morgan fingerprint density at radius 1 is 1.32 bits per heavy atom. The summed E-state index contributed by atoms with van der Waals surface area (Å²) in [6.45, 7) is 0.324. The third kappa shape index (κ3) is 3.19. The number of nitriles is 1. The number of unbranched alkanes of at least 4 members (excludes halogenated alkanes) is 1. The summed E-state index contributed by atoms with van der Waals surface area (Å²) in [4.78, 5) is 27.3. The minimum Gasteiger partial charge on any atom is -0.375 e. The van der Waals surface area contributed by atoms with E-state index >= 15 is 0 Å². The van der Waals surface area contributed by atoms with Crippen LogP contribution in [0.5, 0.6) is 0 Å². The first kappa shape index (κ1) is 17.6. The van der Waals surface area contributed by atoms with E-state index in [0.29, 0.717) is 39.9 Å². The lowest BCUT2D eigenvalue weighted by molar-refractivity contribution is -0.135. The Morgan fingerprint density at radius 2 is 2.08 bits per heavy atom. The molecule has 2 aromatic rings. The van der Waals surface area contributed by atoms with E-state index in [9.17, 15) is 14.7 Å². The molecule has 2 heterocycles. The zero-order chi connectivity index (χ0) is 18.0. The minimum atomic E-state index is -1.89. The number of Topliss-reactive ketones (excluding diaryl/α,β-unsaturated/α-hetero) is 1. The number of nitrogens with zero attached hydrogens (tertiary/aromatic N) is 2. The molecular formula is C18H15ClN2O3S. The monoisotopic (exact) mass is 374 g/mol. The average Bonchev–Trinajstić information content (AvgIpc) is 3.12. The van der Waals surface area contributed by atoms with Crippen LogP contribution < -0.4 is 4.90 Å². The number of aliphatic hydroxyl groups is 1. The molecule has 25 heavy (non-hydrogen) atoms. The number of para-hydroxylation sites is 1. The van der Waals surface area contributed by atoms with Crippen molar-refractivity contribution < 1.29 is 14.7 Å². The van der Waals surface area contributed by atoms with Crippen LogP contribution in [-0.2, 0) is 10.4 Å². The fourth-order valence-corrected chi connectivity index (χ4v) is 3.98. The number of hydrogen-bond acceptors (Lipinski definition) is 5. The third-order valence-electron chi connectivity index (χ3n) is 4.17. The SMILES string of the molecule is N#CCCCN1C(=O)[C@@](O)(CC(=O)c2ccc(Cl)s2)c2ccccc21. The van der Waals surface area contributed by atoms with E-state index in [4.69, 9.17) is 16.9 Å². The van der Waals surface area contributed by atoms with Crippen LogP contribution in [0.15, 0.2) is 36.4 Å². The van der Waals surface area contributed by atoms with Gasteiger partial charge in [0.25, 0.3) is 5.91 Å². The van der Waals surface area contributed by atoms with Crippen molar-refractivity contribution in [2.75, 3.05) is 11.4 Å². The summed E-state index contributed by atoms with van der Waals surface area (Å²) >= 11 is 6.98. The Labute approximate surface area is 154 Å². The van der Waals surface area contributed by atoms with Crippen LogP contribution in [0.2, 0.25) is 4.34 Å². The van der Waals surface area contributed by atoms with Crippen LogP contribution in [0.3, 0.4) is 0 Å². The Kier molecular flexibility index (Phi) is 4.91. The number of rotatable bonds is 6. The maximum Gasteiger partial charge on any atom is 0.264 e. The van der Waals surface area contributed by atoms with Gasteiger partial charge in [0.2, 0.25) is 0 Å². The molecule has 1 atom stereocenters. The number of halogens is 1. The van der Waals surface area contributed by atoms with Crippen molar-refractivity contribution >= 4 is 40.3 Å². The van der Waals surface area contributed by atoms with Crippen LogP contribution in [0.4, 0.5) is 5.69 Å². The van der Waals surface area contributed by atoms with E-state index in [2.05, 4.69) is 0 Å². The lowest BCUT2D eigenvalue weighted by Gasteiger charge is -2.22. The largest absolute Gasteiger partial charge is 0.375 e. The molecule has 128 valence electrons. The van der Waals surface area contributed by atoms with E-state index in [1.807, 2.05) is 6.07 Å². The van der Waals surface area contributed by atoms with Gasteiger partial charge in [0, 0.05) is 18.5 Å². The lowest BCUT2D eigenvalue weighted by atomic mass is 9.89. The number of anilines is 1. The van der Waals surface area contributed by atoms with Gasteiger partial charge in [-0.15, -0.1) is 11.3 Å². The molecule has 5 nitrogen and oxygen atoms in total. The standard InChI is InChI=1S/C18H15ClN2O3S/c19-16-8-7-15(25-16)14(22)11-18(24)12-5-1-2-6-13(12)21(17(18)23)10-4-3-9-20/h1-2,5-8,24H,3-4,10-11H2/t18-/m1/s1. The van der Waals surface area contributed by atoms with Crippen molar-refractivity contribution in [2.24, 2.45) is 0 Å². The predicted octanol–water partition coefficient (Wildman–Crippen LogP) is 3.51. The van der Waals surface area contributed by atoms with E-state index in [0.717, 1.165) is 11.3 Å². The zero-order valence-corrected chi connectivity index (χ0v) is 14.8.